The molecule has 0 fully saturated rings. The van der Waals surface area contributed by atoms with E-state index >= 15 is 0 Å². The van der Waals surface area contributed by atoms with Gasteiger partial charge >= 0.3 is 0 Å². The highest BCUT2D eigenvalue weighted by Crippen LogP contribution is 2.23. The molecule has 4 nitrogen and oxygen atoms in total. The summed E-state index contributed by atoms with van der Waals surface area (Å²) in [5.74, 6) is -1.04. The smallest absolute Gasteiger partial charge is 0.150 e. The van der Waals surface area contributed by atoms with Crippen molar-refractivity contribution in [2.24, 2.45) is 5.73 Å². The highest BCUT2D eigenvalue weighted by molar-refractivity contribution is 6.31. The zero-order valence-electron chi connectivity index (χ0n) is 12.5. The second-order valence-electron chi connectivity index (χ2n) is 3.88. The third-order valence-corrected chi connectivity index (χ3v) is 2.70. The minimum absolute atomic E-state index is 0.0831. The highest BCUT2D eigenvalue weighted by Gasteiger charge is 2.05. The van der Waals surface area contributed by atoms with E-state index in [4.69, 9.17) is 34.0 Å². The van der Waals surface area contributed by atoms with E-state index in [1.807, 2.05) is 13.8 Å². The normalized spacial score (nSPS) is 13.0. The number of rotatable bonds is 4. The van der Waals surface area contributed by atoms with E-state index in [-0.39, 0.29) is 27.5 Å². The zero-order valence-corrected chi connectivity index (χ0v) is 14.0. The molecule has 0 aliphatic rings. The summed E-state index contributed by atoms with van der Waals surface area (Å²) in [6.07, 6.45) is 2.44. The molecular formula is C15H19Cl2FN2O2. The standard InChI is InChI=1S/C13H13Cl2FN2O2.C2H6/c1-7(4-9(20)6-12(14)17)13(15)18-11-3-2-8(19)5-10(11)16;1-2/h2-6,18-20H,17H2,1H3;1-2H3/b9-4+,12-6-,13-7+;. The van der Waals surface area contributed by atoms with E-state index in [1.54, 1.807) is 6.92 Å². The van der Waals surface area contributed by atoms with Crippen LogP contribution in [0.5, 0.6) is 5.75 Å². The molecule has 0 bridgehead atoms. The molecule has 122 valence electrons. The van der Waals surface area contributed by atoms with Crippen molar-refractivity contribution in [3.05, 3.63) is 57.8 Å². The monoisotopic (exact) mass is 348 g/mol. The molecule has 5 N–H and O–H groups in total. The summed E-state index contributed by atoms with van der Waals surface area (Å²) in [5, 5.41) is 21.2. The van der Waals surface area contributed by atoms with Crippen LogP contribution in [0.4, 0.5) is 10.1 Å². The van der Waals surface area contributed by atoms with Crippen LogP contribution in [0.1, 0.15) is 20.8 Å². The van der Waals surface area contributed by atoms with Gasteiger partial charge in [0.2, 0.25) is 0 Å². The van der Waals surface area contributed by atoms with Crippen LogP contribution in [0.2, 0.25) is 0 Å². The highest BCUT2D eigenvalue weighted by atomic mass is 35.5. The van der Waals surface area contributed by atoms with Gasteiger partial charge in [0.25, 0.3) is 0 Å². The number of hydrogen-bond donors (Lipinski definition) is 4. The fourth-order valence-corrected chi connectivity index (χ4v) is 1.56. The van der Waals surface area contributed by atoms with Gasteiger partial charge in [0.1, 0.15) is 27.6 Å². The largest absolute Gasteiger partial charge is 0.508 e. The Balaban J connectivity index is 0.00000211. The minimum atomic E-state index is -0.658. The lowest BCUT2D eigenvalue weighted by Crippen LogP contribution is -1.98. The first kappa shape index (κ1) is 20.1. The molecule has 0 aromatic heterocycles. The number of nitrogens with two attached hydrogens (primary N) is 1. The maximum absolute atomic E-state index is 13.5. The Hall–Kier alpha value is -1.85. The third-order valence-electron chi connectivity index (χ3n) is 2.19. The maximum Gasteiger partial charge on any atom is 0.150 e. The van der Waals surface area contributed by atoms with Crippen molar-refractivity contribution >= 4 is 28.9 Å². The predicted molar refractivity (Wildman–Crippen MR) is 90.4 cm³/mol. The summed E-state index contributed by atoms with van der Waals surface area (Å²) in [4.78, 5) is 0. The second-order valence-corrected chi connectivity index (χ2v) is 4.70. The third kappa shape index (κ3) is 7.24. The molecule has 0 saturated heterocycles. The summed E-state index contributed by atoms with van der Waals surface area (Å²) in [5.41, 5.74) is 5.72. The number of hydrogen-bond acceptors (Lipinski definition) is 4. The van der Waals surface area contributed by atoms with Crippen molar-refractivity contribution in [2.75, 3.05) is 5.32 Å². The number of anilines is 1. The fourth-order valence-electron chi connectivity index (χ4n) is 1.29. The van der Waals surface area contributed by atoms with Crippen molar-refractivity contribution in [1.82, 2.24) is 0 Å². The van der Waals surface area contributed by atoms with Gasteiger partial charge in [-0.1, -0.05) is 37.0 Å². The number of aliphatic hydroxyl groups excluding tert-OH is 1. The van der Waals surface area contributed by atoms with E-state index in [0.717, 1.165) is 12.1 Å². The van der Waals surface area contributed by atoms with Gasteiger partial charge in [-0.3, -0.25) is 0 Å². The molecule has 22 heavy (non-hydrogen) atoms. The fraction of sp³-hybridized carbons (Fsp3) is 0.200. The molecule has 0 amide bonds. The average molecular weight is 349 g/mol. The number of allylic oxidation sites excluding steroid dienone is 3. The first-order valence-electron chi connectivity index (χ1n) is 6.45. The molecule has 0 unspecified atom stereocenters. The molecule has 1 rings (SSSR count). The Morgan fingerprint density at radius 2 is 1.86 bits per heavy atom. The van der Waals surface area contributed by atoms with Crippen LogP contribution >= 0.6 is 23.2 Å². The zero-order chi connectivity index (χ0) is 17.3. The van der Waals surface area contributed by atoms with E-state index in [0.29, 0.717) is 5.57 Å². The van der Waals surface area contributed by atoms with E-state index in [2.05, 4.69) is 5.32 Å². The summed E-state index contributed by atoms with van der Waals surface area (Å²) in [6.45, 7) is 5.60. The van der Waals surface area contributed by atoms with Crippen LogP contribution in [-0.4, -0.2) is 10.2 Å². The summed E-state index contributed by atoms with van der Waals surface area (Å²) in [6, 6.07) is 3.60. The van der Waals surface area contributed by atoms with Crippen molar-refractivity contribution in [1.29, 1.82) is 0 Å². The van der Waals surface area contributed by atoms with Gasteiger partial charge in [0, 0.05) is 12.1 Å². The Morgan fingerprint density at radius 3 is 2.36 bits per heavy atom. The van der Waals surface area contributed by atoms with Gasteiger partial charge in [-0.25, -0.2) is 4.39 Å². The number of halogens is 3. The number of aromatic hydroxyl groups is 1. The molecular weight excluding hydrogens is 330 g/mol. The molecule has 0 atom stereocenters. The van der Waals surface area contributed by atoms with E-state index < -0.39 is 5.82 Å². The first-order valence-corrected chi connectivity index (χ1v) is 7.20. The summed E-state index contributed by atoms with van der Waals surface area (Å²) >= 11 is 11.4. The van der Waals surface area contributed by atoms with Crippen molar-refractivity contribution in [3.8, 4) is 5.75 Å². The average Bonchev–Trinajstić information content (AvgIpc) is 2.43. The van der Waals surface area contributed by atoms with Crippen molar-refractivity contribution in [2.45, 2.75) is 20.8 Å². The van der Waals surface area contributed by atoms with Crippen LogP contribution in [0.25, 0.3) is 0 Å². The Kier molecular flexibility index (Phi) is 9.13. The molecule has 0 spiro atoms. The van der Waals surface area contributed by atoms with Gasteiger partial charge < -0.3 is 21.3 Å². The van der Waals surface area contributed by atoms with Crippen molar-refractivity contribution in [3.63, 3.8) is 0 Å². The van der Waals surface area contributed by atoms with Crippen LogP contribution in [0, 0.1) is 5.82 Å². The van der Waals surface area contributed by atoms with Crippen LogP contribution in [0.15, 0.2) is 52.0 Å². The molecule has 0 radical (unpaired) electrons. The Bertz CT molecular complexity index is 595. The van der Waals surface area contributed by atoms with Crippen LogP contribution < -0.4 is 11.1 Å². The lowest BCUT2D eigenvalue weighted by molar-refractivity contribution is 0.431. The number of nitrogens with one attached hydrogen (secondary N) is 1. The Morgan fingerprint density at radius 1 is 1.27 bits per heavy atom. The SMILES string of the molecule is CC.CC(/C=C(O)\C=C(/N)Cl)=C(/Cl)Nc1ccc(O)cc1F. The molecule has 1 aromatic rings. The molecule has 0 aliphatic heterocycles. The molecule has 0 saturated carbocycles. The minimum Gasteiger partial charge on any atom is -0.508 e. The number of phenols is 1. The number of phenolic OH excluding ortho intramolecular Hbond substituents is 1. The maximum atomic E-state index is 13.5. The van der Waals surface area contributed by atoms with Crippen LogP contribution in [0.3, 0.4) is 0 Å². The molecule has 1 aromatic carbocycles. The molecule has 0 aliphatic carbocycles. The predicted octanol–water partition coefficient (Wildman–Crippen LogP) is 4.92. The summed E-state index contributed by atoms with van der Waals surface area (Å²) < 4.78 is 13.5. The van der Waals surface area contributed by atoms with E-state index in [9.17, 15) is 9.50 Å². The Labute approximate surface area is 139 Å². The number of benzene rings is 1. The topological polar surface area (TPSA) is 78.5 Å². The number of aliphatic hydroxyl groups is 1. The second kappa shape index (κ2) is 9.97. The summed E-state index contributed by atoms with van der Waals surface area (Å²) in [7, 11) is 0. The molecule has 7 heteroatoms. The van der Waals surface area contributed by atoms with Crippen molar-refractivity contribution < 1.29 is 14.6 Å². The van der Waals surface area contributed by atoms with Gasteiger partial charge in [-0.05, 0) is 30.7 Å². The van der Waals surface area contributed by atoms with Gasteiger partial charge in [-0.2, -0.15) is 0 Å². The quantitative estimate of drug-likeness (QED) is 0.269. The van der Waals surface area contributed by atoms with Crippen LogP contribution in [-0.2, 0) is 0 Å². The van der Waals surface area contributed by atoms with Gasteiger partial charge in [-0.15, -0.1) is 0 Å². The van der Waals surface area contributed by atoms with Gasteiger partial charge in [0.05, 0.1) is 5.69 Å². The van der Waals surface area contributed by atoms with Gasteiger partial charge in [0.15, 0.2) is 0 Å². The first-order chi connectivity index (χ1) is 10.3. The lowest BCUT2D eigenvalue weighted by Gasteiger charge is -2.08. The van der Waals surface area contributed by atoms with E-state index in [1.165, 1.54) is 18.2 Å². The molecule has 0 heterocycles. The lowest BCUT2D eigenvalue weighted by atomic mass is 10.2.